The first kappa shape index (κ1) is 22.8. The Kier molecular flexibility index (Phi) is 6.07. The maximum absolute atomic E-state index is 12.8. The number of sulfonamides is 1. The van der Waals surface area contributed by atoms with Crippen LogP contribution in [0, 0.1) is 4.77 Å². The second-order valence-corrected chi connectivity index (χ2v) is 10.1. The first-order chi connectivity index (χ1) is 16.9. The van der Waals surface area contributed by atoms with E-state index >= 15 is 0 Å². The molecule has 8 heteroatoms. The fourth-order valence-corrected chi connectivity index (χ4v) is 5.17. The molecule has 0 saturated carbocycles. The number of imidazole rings is 1. The molecular formula is C27H21N3O3S2. The van der Waals surface area contributed by atoms with Crippen LogP contribution in [0.1, 0.15) is 15.9 Å². The number of H-pyrrole nitrogens is 1. The van der Waals surface area contributed by atoms with E-state index in [0.717, 1.165) is 22.2 Å². The highest BCUT2D eigenvalue weighted by atomic mass is 32.2. The predicted octanol–water partition coefficient (Wildman–Crippen LogP) is 5.53. The van der Waals surface area contributed by atoms with E-state index in [-0.39, 0.29) is 10.5 Å². The number of hydrogen-bond donors (Lipinski definition) is 2. The summed E-state index contributed by atoms with van der Waals surface area (Å²) in [6.45, 7) is 0.501. The second-order valence-electron chi connectivity index (χ2n) is 8.06. The molecule has 35 heavy (non-hydrogen) atoms. The molecule has 0 aliphatic rings. The average molecular weight is 500 g/mol. The van der Waals surface area contributed by atoms with Gasteiger partial charge >= 0.3 is 0 Å². The van der Waals surface area contributed by atoms with Crippen LogP contribution in [0.2, 0.25) is 0 Å². The zero-order valence-corrected chi connectivity index (χ0v) is 20.1. The fraction of sp³-hybridized carbons (Fsp3) is 0.0370. The van der Waals surface area contributed by atoms with Crippen molar-refractivity contribution in [2.45, 2.75) is 11.4 Å². The van der Waals surface area contributed by atoms with Gasteiger partial charge in [-0.25, -0.2) is 13.1 Å². The second kappa shape index (κ2) is 9.32. The lowest BCUT2D eigenvalue weighted by atomic mass is 10.0. The summed E-state index contributed by atoms with van der Waals surface area (Å²) in [5.74, 6) is -0.707. The van der Waals surface area contributed by atoms with Crippen LogP contribution in [0.3, 0.4) is 0 Å². The van der Waals surface area contributed by atoms with Crippen LogP contribution in [0.4, 0.5) is 0 Å². The molecule has 0 spiro atoms. The standard InChI is InChI=1S/C27H21N3O3S2/c31-26(29-35(32,33)23-9-5-2-6-10-23)22-15-16-24-25(17-22)30(27(34)28-24)18-19-11-13-21(14-12-19)20-7-3-1-4-8-20/h1-17H,18H2,(H,28,34)(H,29,31). The Hall–Kier alpha value is -4.01. The Morgan fingerprint density at radius 2 is 1.46 bits per heavy atom. The van der Waals surface area contributed by atoms with Gasteiger partial charge in [-0.3, -0.25) is 4.79 Å². The van der Waals surface area contributed by atoms with Crippen molar-refractivity contribution in [2.24, 2.45) is 0 Å². The van der Waals surface area contributed by atoms with Crippen LogP contribution in [0.25, 0.3) is 22.2 Å². The third-order valence-corrected chi connectivity index (χ3v) is 7.39. The molecule has 0 radical (unpaired) electrons. The molecule has 0 saturated heterocycles. The molecule has 0 unspecified atom stereocenters. The van der Waals surface area contributed by atoms with Crippen molar-refractivity contribution < 1.29 is 13.2 Å². The molecule has 1 aromatic heterocycles. The third kappa shape index (κ3) is 4.80. The number of carbonyl (C=O) groups is 1. The Morgan fingerprint density at radius 1 is 0.829 bits per heavy atom. The molecule has 5 aromatic rings. The molecule has 2 N–H and O–H groups in total. The summed E-state index contributed by atoms with van der Waals surface area (Å²) in [6.07, 6.45) is 0. The highest BCUT2D eigenvalue weighted by Crippen LogP contribution is 2.22. The first-order valence-electron chi connectivity index (χ1n) is 10.9. The number of rotatable bonds is 6. The number of amides is 1. The zero-order valence-electron chi connectivity index (χ0n) is 18.5. The average Bonchev–Trinajstić information content (AvgIpc) is 3.19. The van der Waals surface area contributed by atoms with E-state index in [2.05, 4.69) is 34.0 Å². The van der Waals surface area contributed by atoms with Crippen molar-refractivity contribution in [2.75, 3.05) is 0 Å². The van der Waals surface area contributed by atoms with Gasteiger partial charge in [0.1, 0.15) is 0 Å². The monoisotopic (exact) mass is 499 g/mol. The van der Waals surface area contributed by atoms with Gasteiger partial charge in [-0.05, 0) is 59.2 Å². The van der Waals surface area contributed by atoms with Gasteiger partial charge in [-0.1, -0.05) is 72.8 Å². The van der Waals surface area contributed by atoms with Crippen LogP contribution < -0.4 is 4.72 Å². The molecule has 6 nitrogen and oxygen atoms in total. The van der Waals surface area contributed by atoms with Crippen molar-refractivity contribution >= 4 is 39.2 Å². The van der Waals surface area contributed by atoms with Crippen LogP contribution in [-0.4, -0.2) is 23.9 Å². The number of carbonyl (C=O) groups excluding carboxylic acids is 1. The van der Waals surface area contributed by atoms with Crippen molar-refractivity contribution in [3.63, 3.8) is 0 Å². The third-order valence-electron chi connectivity index (χ3n) is 5.72. The van der Waals surface area contributed by atoms with Crippen molar-refractivity contribution in [1.29, 1.82) is 0 Å². The summed E-state index contributed by atoms with van der Waals surface area (Å²) in [5, 5.41) is 0. The van der Waals surface area contributed by atoms with Gasteiger partial charge in [-0.2, -0.15) is 0 Å². The molecule has 0 aliphatic carbocycles. The zero-order chi connectivity index (χ0) is 24.4. The van der Waals surface area contributed by atoms with Crippen LogP contribution in [-0.2, 0) is 16.6 Å². The van der Waals surface area contributed by atoms with Crippen LogP contribution in [0.15, 0.2) is 108 Å². The molecule has 4 aromatic carbocycles. The van der Waals surface area contributed by atoms with Gasteiger partial charge in [0.05, 0.1) is 22.5 Å². The van der Waals surface area contributed by atoms with Crippen LogP contribution in [0.5, 0.6) is 0 Å². The minimum absolute atomic E-state index is 0.0259. The number of aromatic amines is 1. The number of hydrogen-bond acceptors (Lipinski definition) is 4. The number of aromatic nitrogens is 2. The predicted molar refractivity (Wildman–Crippen MR) is 139 cm³/mol. The van der Waals surface area contributed by atoms with Gasteiger partial charge in [0.15, 0.2) is 4.77 Å². The molecule has 0 fully saturated rings. The Labute approximate surface area is 207 Å². The Bertz CT molecular complexity index is 1670. The van der Waals surface area contributed by atoms with Crippen molar-refractivity contribution in [3.05, 3.63) is 119 Å². The Balaban J connectivity index is 1.42. The number of benzene rings is 4. The van der Waals surface area contributed by atoms with Crippen molar-refractivity contribution in [1.82, 2.24) is 14.3 Å². The van der Waals surface area contributed by atoms with Gasteiger partial charge in [0, 0.05) is 5.56 Å². The smallest absolute Gasteiger partial charge is 0.265 e. The summed E-state index contributed by atoms with van der Waals surface area (Å²) in [6, 6.07) is 31.1. The lowest BCUT2D eigenvalue weighted by molar-refractivity contribution is 0.0981. The minimum atomic E-state index is -3.98. The Morgan fingerprint density at radius 3 is 2.14 bits per heavy atom. The largest absolute Gasteiger partial charge is 0.331 e. The first-order valence-corrected chi connectivity index (χ1v) is 12.8. The van der Waals surface area contributed by atoms with E-state index in [1.807, 2.05) is 34.9 Å². The summed E-state index contributed by atoms with van der Waals surface area (Å²) >= 11 is 5.53. The van der Waals surface area contributed by atoms with E-state index in [1.54, 1.807) is 36.4 Å². The SMILES string of the molecule is O=C(NS(=O)(=O)c1ccccc1)c1ccc2[nH]c(=S)n(Cc3ccc(-c4ccccc4)cc3)c2c1. The molecule has 174 valence electrons. The van der Waals surface area contributed by atoms with Crippen molar-refractivity contribution in [3.8, 4) is 11.1 Å². The highest BCUT2D eigenvalue weighted by Gasteiger charge is 2.19. The van der Waals surface area contributed by atoms with Gasteiger partial charge in [-0.15, -0.1) is 0 Å². The van der Waals surface area contributed by atoms with E-state index < -0.39 is 15.9 Å². The van der Waals surface area contributed by atoms with E-state index in [0.29, 0.717) is 16.8 Å². The molecular weight excluding hydrogens is 478 g/mol. The maximum atomic E-state index is 12.8. The highest BCUT2D eigenvalue weighted by molar-refractivity contribution is 7.90. The summed E-state index contributed by atoms with van der Waals surface area (Å²) in [5.41, 5.74) is 5.01. The number of fused-ring (bicyclic) bond motifs is 1. The van der Waals surface area contributed by atoms with E-state index in [9.17, 15) is 13.2 Å². The maximum Gasteiger partial charge on any atom is 0.265 e. The van der Waals surface area contributed by atoms with Crippen LogP contribution >= 0.6 is 12.2 Å². The fourth-order valence-electron chi connectivity index (χ4n) is 3.91. The van der Waals surface area contributed by atoms with E-state index in [4.69, 9.17) is 12.2 Å². The lowest BCUT2D eigenvalue weighted by Gasteiger charge is -2.09. The molecule has 0 atom stereocenters. The number of nitrogens with zero attached hydrogens (tertiary/aromatic N) is 1. The molecule has 0 bridgehead atoms. The quantitative estimate of drug-likeness (QED) is 0.301. The van der Waals surface area contributed by atoms with Gasteiger partial charge < -0.3 is 9.55 Å². The molecule has 0 aliphatic heterocycles. The molecule has 5 rings (SSSR count). The topological polar surface area (TPSA) is 84.0 Å². The normalized spacial score (nSPS) is 11.4. The number of nitrogens with one attached hydrogen (secondary N) is 2. The molecule has 1 amide bonds. The van der Waals surface area contributed by atoms with E-state index in [1.165, 1.54) is 12.1 Å². The van der Waals surface area contributed by atoms with Gasteiger partial charge in [0.25, 0.3) is 15.9 Å². The molecule has 1 heterocycles. The minimum Gasteiger partial charge on any atom is -0.331 e. The summed E-state index contributed by atoms with van der Waals surface area (Å²) < 4.78 is 29.7. The van der Waals surface area contributed by atoms with Gasteiger partial charge in [0.2, 0.25) is 0 Å². The summed E-state index contributed by atoms with van der Waals surface area (Å²) in [7, 11) is -3.98. The lowest BCUT2D eigenvalue weighted by Crippen LogP contribution is -2.30. The summed E-state index contributed by atoms with van der Waals surface area (Å²) in [4.78, 5) is 16.0.